The van der Waals surface area contributed by atoms with Crippen LogP contribution in [0.25, 0.3) is 133 Å². The highest BCUT2D eigenvalue weighted by Crippen LogP contribution is 2.65. The molecule has 14 aromatic carbocycles. The Balaban J connectivity index is 0.980. The summed E-state index contributed by atoms with van der Waals surface area (Å²) in [4.78, 5) is 2.53. The number of aromatic nitrogens is 2. The molecule has 89 heavy (non-hydrogen) atoms. The van der Waals surface area contributed by atoms with Gasteiger partial charge in [-0.3, -0.25) is 0 Å². The Bertz CT molecular complexity index is 5440. The summed E-state index contributed by atoms with van der Waals surface area (Å²) in [5, 5.41) is 7.00. The van der Waals surface area contributed by atoms with E-state index in [9.17, 15) is 0 Å². The van der Waals surface area contributed by atoms with E-state index in [1.165, 1.54) is 77.2 Å². The number of hydrogen-bond acceptors (Lipinski definition) is 2. The summed E-state index contributed by atoms with van der Waals surface area (Å²) in [6.07, 6.45) is 0. The van der Waals surface area contributed by atoms with Gasteiger partial charge in [0.25, 0.3) is 0 Å². The van der Waals surface area contributed by atoms with Gasteiger partial charge in [0.05, 0.1) is 44.5 Å². The van der Waals surface area contributed by atoms with Crippen LogP contribution in [0.15, 0.2) is 326 Å². The smallest absolute Gasteiger partial charge is 0.159 e. The third kappa shape index (κ3) is 7.00. The molecule has 414 valence electrons. The number of furan rings is 1. The van der Waals surface area contributed by atoms with E-state index < -0.39 is 5.41 Å². The van der Waals surface area contributed by atoms with E-state index >= 15 is 0 Å². The maximum absolute atomic E-state index is 7.12. The highest BCUT2D eigenvalue weighted by molar-refractivity contribution is 6.21. The standard InChI is InChI=1S/C85H53N3O/c1-5-24-54(25-6-1)60-46-50-76-82(66-35-15-20-40-72(66)86(76)58-28-9-3-10-29-58)80(60)56-44-48-74-70(52-56)85(68-38-18-13-32-62(68)63-33-14-19-39-69(63)85)71-53-57(45-49-75(71)88(74)78-42-23-37-65-64-34-17-22-43-79(64)89-84(65)78)81-61(55-26-7-2-8-27-55)47-51-77-83(81)67-36-16-21-41-73(67)87(77)59-30-11-4-12-31-59/h1-53H. The Kier molecular flexibility index (Phi) is 10.7. The van der Waals surface area contributed by atoms with E-state index in [0.29, 0.717) is 0 Å². The molecule has 19 rings (SSSR count). The molecular weight excluding hydrogens is 1080 g/mol. The predicted molar refractivity (Wildman–Crippen MR) is 370 cm³/mol. The Morgan fingerprint density at radius 2 is 0.685 bits per heavy atom. The number of fused-ring (bicyclic) bond motifs is 18. The van der Waals surface area contributed by atoms with Crippen molar-refractivity contribution < 1.29 is 4.42 Å². The van der Waals surface area contributed by atoms with Gasteiger partial charge < -0.3 is 18.5 Å². The number of benzene rings is 14. The van der Waals surface area contributed by atoms with Crippen LogP contribution in [0.4, 0.5) is 17.1 Å². The van der Waals surface area contributed by atoms with E-state index in [-0.39, 0.29) is 0 Å². The van der Waals surface area contributed by atoms with Gasteiger partial charge in [-0.25, -0.2) is 0 Å². The molecule has 0 amide bonds. The second kappa shape index (κ2) is 19.1. The molecule has 0 fully saturated rings. The predicted octanol–water partition coefficient (Wildman–Crippen LogP) is 22.6. The molecule has 4 nitrogen and oxygen atoms in total. The zero-order valence-electron chi connectivity index (χ0n) is 48.3. The van der Waals surface area contributed by atoms with Crippen molar-refractivity contribution in [3.63, 3.8) is 0 Å². The molecule has 1 aliphatic carbocycles. The number of para-hydroxylation sites is 6. The highest BCUT2D eigenvalue weighted by Gasteiger charge is 2.52. The van der Waals surface area contributed by atoms with Gasteiger partial charge in [-0.05, 0) is 163 Å². The van der Waals surface area contributed by atoms with Crippen LogP contribution in [0.5, 0.6) is 0 Å². The Hall–Kier alpha value is -11.7. The van der Waals surface area contributed by atoms with Crippen molar-refractivity contribution >= 4 is 82.6 Å². The lowest BCUT2D eigenvalue weighted by Crippen LogP contribution is -2.36. The topological polar surface area (TPSA) is 26.2 Å². The summed E-state index contributed by atoms with van der Waals surface area (Å²) in [5.41, 5.74) is 27.6. The molecule has 3 aromatic heterocycles. The first-order valence-corrected chi connectivity index (χ1v) is 30.7. The molecule has 4 heteroatoms. The first-order chi connectivity index (χ1) is 44.2. The first-order valence-electron chi connectivity index (χ1n) is 30.7. The van der Waals surface area contributed by atoms with Crippen LogP contribution in [-0.4, -0.2) is 9.13 Å². The summed E-state index contributed by atoms with van der Waals surface area (Å²) in [5.74, 6) is 0. The zero-order valence-corrected chi connectivity index (χ0v) is 48.3. The van der Waals surface area contributed by atoms with E-state index in [1.54, 1.807) is 0 Å². The molecule has 0 saturated carbocycles. The molecule has 0 saturated heterocycles. The minimum absolute atomic E-state index is 0.833. The average Bonchev–Trinajstić information content (AvgIpc) is 1.62. The Morgan fingerprint density at radius 1 is 0.258 bits per heavy atom. The average molecular weight is 1130 g/mol. The molecule has 1 aliphatic heterocycles. The lowest BCUT2D eigenvalue weighted by Gasteiger charge is -2.45. The van der Waals surface area contributed by atoms with Crippen LogP contribution < -0.4 is 4.90 Å². The van der Waals surface area contributed by atoms with Crippen molar-refractivity contribution in [3.8, 4) is 67.0 Å². The van der Waals surface area contributed by atoms with Crippen LogP contribution in [0.2, 0.25) is 0 Å². The largest absolute Gasteiger partial charge is 0.454 e. The quantitative estimate of drug-likeness (QED) is 0.159. The van der Waals surface area contributed by atoms with Gasteiger partial charge in [0.1, 0.15) is 5.58 Å². The van der Waals surface area contributed by atoms with E-state index in [4.69, 9.17) is 4.42 Å². The number of anilines is 3. The molecule has 0 atom stereocenters. The molecule has 2 aliphatic rings. The summed E-state index contributed by atoms with van der Waals surface area (Å²) < 4.78 is 12.0. The van der Waals surface area contributed by atoms with Crippen LogP contribution in [0, 0.1) is 0 Å². The van der Waals surface area contributed by atoms with Crippen molar-refractivity contribution in [1.29, 1.82) is 0 Å². The lowest BCUT2D eigenvalue weighted by atomic mass is 9.63. The first kappa shape index (κ1) is 49.5. The lowest BCUT2D eigenvalue weighted by molar-refractivity contribution is 0.668. The molecule has 4 heterocycles. The molecule has 0 N–H and O–H groups in total. The van der Waals surface area contributed by atoms with Gasteiger partial charge in [-0.15, -0.1) is 0 Å². The van der Waals surface area contributed by atoms with Crippen molar-refractivity contribution in [2.24, 2.45) is 0 Å². The summed E-state index contributed by atoms with van der Waals surface area (Å²) >= 11 is 0. The Morgan fingerprint density at radius 3 is 1.20 bits per heavy atom. The van der Waals surface area contributed by atoms with Crippen molar-refractivity contribution in [2.45, 2.75) is 5.41 Å². The molecule has 0 bridgehead atoms. The van der Waals surface area contributed by atoms with Gasteiger partial charge in [-0.1, -0.05) is 237 Å². The highest BCUT2D eigenvalue weighted by atomic mass is 16.3. The SMILES string of the molecule is c1ccc(-c2ccc3c(c2-c2ccc4c(c2)C2(c5ccccc5-c5ccccc52)c2cc(-c5c(-c6ccccc6)ccc6c5c5ccccc5n6-c5ccccc5)ccc2N4c2cccc4c2oc2ccccc24)c2ccccc2n3-c2ccccc2)cc1. The maximum atomic E-state index is 7.12. The summed E-state index contributed by atoms with van der Waals surface area (Å²) in [7, 11) is 0. The monoisotopic (exact) mass is 1130 g/mol. The number of hydrogen-bond donors (Lipinski definition) is 0. The third-order valence-corrected chi connectivity index (χ3v) is 19.3. The second-order valence-corrected chi connectivity index (χ2v) is 23.8. The minimum atomic E-state index is -0.833. The van der Waals surface area contributed by atoms with Gasteiger partial charge >= 0.3 is 0 Å². The van der Waals surface area contributed by atoms with Crippen LogP contribution in [0.1, 0.15) is 22.3 Å². The fourth-order valence-corrected chi connectivity index (χ4v) is 15.8. The van der Waals surface area contributed by atoms with Crippen molar-refractivity contribution in [2.75, 3.05) is 4.90 Å². The molecular formula is C85H53N3O. The summed E-state index contributed by atoms with van der Waals surface area (Å²) in [6, 6.07) is 119. The fraction of sp³-hybridized carbons (Fsp3) is 0.0118. The molecule has 17 aromatic rings. The second-order valence-electron chi connectivity index (χ2n) is 23.8. The molecule has 1 spiro atoms. The fourth-order valence-electron chi connectivity index (χ4n) is 15.8. The molecule has 0 radical (unpaired) electrons. The van der Waals surface area contributed by atoms with E-state index in [1.807, 2.05) is 0 Å². The molecule has 0 unspecified atom stereocenters. The number of nitrogens with zero attached hydrogens (tertiary/aromatic N) is 3. The van der Waals surface area contributed by atoms with Crippen LogP contribution >= 0.6 is 0 Å². The van der Waals surface area contributed by atoms with Gasteiger partial charge in [0, 0.05) is 43.7 Å². The number of rotatable bonds is 7. The van der Waals surface area contributed by atoms with Crippen LogP contribution in [0.3, 0.4) is 0 Å². The Labute approximate surface area is 514 Å². The maximum Gasteiger partial charge on any atom is 0.159 e. The van der Waals surface area contributed by atoms with Gasteiger partial charge in [0.2, 0.25) is 0 Å². The van der Waals surface area contributed by atoms with Crippen LogP contribution in [-0.2, 0) is 5.41 Å². The summed E-state index contributed by atoms with van der Waals surface area (Å²) in [6.45, 7) is 0. The van der Waals surface area contributed by atoms with Crippen molar-refractivity contribution in [1.82, 2.24) is 9.13 Å². The van der Waals surface area contributed by atoms with Crippen molar-refractivity contribution in [3.05, 3.63) is 344 Å². The van der Waals surface area contributed by atoms with Gasteiger partial charge in [0.15, 0.2) is 5.58 Å². The zero-order chi connectivity index (χ0) is 58.3. The minimum Gasteiger partial charge on any atom is -0.454 e. The van der Waals surface area contributed by atoms with E-state index in [2.05, 4.69) is 336 Å². The van der Waals surface area contributed by atoms with Gasteiger partial charge in [-0.2, -0.15) is 0 Å². The third-order valence-electron chi connectivity index (χ3n) is 19.3. The normalized spacial score (nSPS) is 13.0. The van der Waals surface area contributed by atoms with E-state index in [0.717, 1.165) is 94.7 Å².